The molecule has 0 aromatic rings. The van der Waals surface area contributed by atoms with E-state index in [4.69, 9.17) is 13.8 Å². The number of carbonyl (C=O) groups excluding carboxylic acids is 2. The molecule has 1 amide bonds. The van der Waals surface area contributed by atoms with E-state index in [1.165, 1.54) is 257 Å². The van der Waals surface area contributed by atoms with Crippen LogP contribution in [0.2, 0.25) is 0 Å². The van der Waals surface area contributed by atoms with E-state index in [1.807, 2.05) is 27.2 Å². The number of allylic oxidation sites excluding steroid dienone is 11. The van der Waals surface area contributed by atoms with E-state index in [-0.39, 0.29) is 25.1 Å². The molecule has 0 aliphatic heterocycles. The molecule has 0 rings (SSSR count). The van der Waals surface area contributed by atoms with Crippen molar-refractivity contribution in [3.8, 4) is 0 Å². The lowest BCUT2D eigenvalue weighted by Gasteiger charge is -2.27. The normalized spacial score (nSPS) is 13.8. The maximum atomic E-state index is 13.7. The Morgan fingerprint density at radius 1 is 0.393 bits per heavy atom. The Kier molecular flexibility index (Phi) is 66.4. The number of phosphoric ester groups is 1. The van der Waals surface area contributed by atoms with Gasteiger partial charge in [0.2, 0.25) is 5.91 Å². The predicted octanol–water partition coefficient (Wildman–Crippen LogP) is 24.7. The van der Waals surface area contributed by atoms with Gasteiger partial charge in [-0.05, 0) is 102 Å². The molecule has 3 atom stereocenters. The largest absolute Gasteiger partial charge is 0.472 e. The first-order valence-electron chi connectivity index (χ1n) is 38.3. The van der Waals surface area contributed by atoms with Crippen molar-refractivity contribution in [1.29, 1.82) is 0 Å². The minimum Gasteiger partial charge on any atom is -0.456 e. The zero-order valence-corrected chi connectivity index (χ0v) is 60.6. The van der Waals surface area contributed by atoms with E-state index in [9.17, 15) is 19.0 Å². The van der Waals surface area contributed by atoms with Crippen molar-refractivity contribution in [2.75, 3.05) is 40.9 Å². The van der Waals surface area contributed by atoms with Crippen molar-refractivity contribution in [2.45, 2.75) is 380 Å². The van der Waals surface area contributed by atoms with Gasteiger partial charge in [-0.2, -0.15) is 0 Å². The topological polar surface area (TPSA) is 111 Å². The molecule has 0 radical (unpaired) electrons. The van der Waals surface area contributed by atoms with Crippen LogP contribution in [0.5, 0.6) is 0 Å². The number of hydrogen-bond donors (Lipinski definition) is 2. The molecule has 0 heterocycles. The molecule has 89 heavy (non-hydrogen) atoms. The van der Waals surface area contributed by atoms with Crippen LogP contribution in [-0.2, 0) is 27.9 Å². The molecule has 520 valence electrons. The predicted molar refractivity (Wildman–Crippen MR) is 388 cm³/mol. The molecule has 3 unspecified atom stereocenters. The number of hydrogen-bond acceptors (Lipinski definition) is 6. The monoisotopic (exact) mass is 1270 g/mol. The van der Waals surface area contributed by atoms with Crippen molar-refractivity contribution in [3.63, 3.8) is 0 Å². The van der Waals surface area contributed by atoms with Crippen molar-refractivity contribution in [3.05, 3.63) is 72.9 Å². The zero-order chi connectivity index (χ0) is 64.9. The van der Waals surface area contributed by atoms with Gasteiger partial charge >= 0.3 is 13.8 Å². The number of unbranched alkanes of at least 4 members (excludes halogenated alkanes) is 44. The molecule has 0 aromatic carbocycles. The summed E-state index contributed by atoms with van der Waals surface area (Å²) in [5, 5.41) is 3.08. The fourth-order valence-electron chi connectivity index (χ4n) is 11.2. The van der Waals surface area contributed by atoms with E-state index < -0.39 is 20.0 Å². The van der Waals surface area contributed by atoms with E-state index in [0.29, 0.717) is 23.9 Å². The van der Waals surface area contributed by atoms with Gasteiger partial charge in [0.25, 0.3) is 0 Å². The molecule has 0 aliphatic carbocycles. The van der Waals surface area contributed by atoms with Crippen LogP contribution >= 0.6 is 7.82 Å². The van der Waals surface area contributed by atoms with Gasteiger partial charge in [-0.15, -0.1) is 0 Å². The van der Waals surface area contributed by atoms with Gasteiger partial charge in [0, 0.05) is 12.8 Å². The molecule has 9 nitrogen and oxygen atoms in total. The van der Waals surface area contributed by atoms with Crippen LogP contribution in [0, 0.1) is 0 Å². The summed E-state index contributed by atoms with van der Waals surface area (Å²) in [5.74, 6) is -0.492. The Bertz CT molecular complexity index is 1750. The zero-order valence-electron chi connectivity index (χ0n) is 59.7. The number of nitrogens with zero attached hydrogens (tertiary/aromatic N) is 1. The Balaban J connectivity index is 5.00. The highest BCUT2D eigenvalue weighted by molar-refractivity contribution is 7.47. The third kappa shape index (κ3) is 69.6. The number of nitrogens with one attached hydrogen (secondary N) is 1. The first-order chi connectivity index (χ1) is 43.4. The van der Waals surface area contributed by atoms with E-state index >= 15 is 0 Å². The third-order valence-corrected chi connectivity index (χ3v) is 18.1. The van der Waals surface area contributed by atoms with E-state index in [0.717, 1.165) is 77.0 Å². The lowest BCUT2D eigenvalue weighted by molar-refractivity contribution is -0.870. The number of likely N-dealkylation sites (N-methyl/N-ethyl adjacent to an activating group) is 1. The van der Waals surface area contributed by atoms with Gasteiger partial charge in [0.05, 0.1) is 33.8 Å². The molecular weight excluding hydrogens is 1120 g/mol. The van der Waals surface area contributed by atoms with E-state index in [2.05, 4.69) is 92.9 Å². The van der Waals surface area contributed by atoms with Crippen molar-refractivity contribution < 1.29 is 37.3 Å². The second-order valence-corrected chi connectivity index (χ2v) is 28.6. The van der Waals surface area contributed by atoms with Gasteiger partial charge in [-0.1, -0.05) is 325 Å². The summed E-state index contributed by atoms with van der Waals surface area (Å²) < 4.78 is 30.9. The molecular formula is C79H148N2O7P+. The fourth-order valence-corrected chi connectivity index (χ4v) is 12.0. The summed E-state index contributed by atoms with van der Waals surface area (Å²) in [7, 11) is 1.50. The SMILES string of the molecule is CCCCC/C=C\C/C=C\C/C=C\CCCCCCCCCCCCCCCCC(=O)OC(/C=C/CCCCCCCCCCCCC)C(COP(=O)(O)OCC[N+](C)(C)C)NC(=O)CCCCCCCCCCCCCCC/C=C\C/C=C\CCCCC. The molecule has 0 saturated carbocycles. The Hall–Kier alpha value is -2.55. The first-order valence-corrected chi connectivity index (χ1v) is 39.8. The third-order valence-electron chi connectivity index (χ3n) is 17.1. The van der Waals surface area contributed by atoms with Gasteiger partial charge in [-0.3, -0.25) is 18.6 Å². The van der Waals surface area contributed by atoms with Crippen LogP contribution < -0.4 is 5.32 Å². The summed E-state index contributed by atoms with van der Waals surface area (Å²) in [5.41, 5.74) is 0. The Morgan fingerprint density at radius 2 is 0.685 bits per heavy atom. The highest BCUT2D eigenvalue weighted by Crippen LogP contribution is 2.43. The molecule has 2 N–H and O–H groups in total. The highest BCUT2D eigenvalue weighted by Gasteiger charge is 2.30. The van der Waals surface area contributed by atoms with Crippen LogP contribution in [0.15, 0.2) is 72.9 Å². The van der Waals surface area contributed by atoms with Gasteiger partial charge in [-0.25, -0.2) is 4.57 Å². The lowest BCUT2D eigenvalue weighted by atomic mass is 10.0. The Labute approximate surface area is 553 Å². The maximum absolute atomic E-state index is 13.7. The summed E-state index contributed by atoms with van der Waals surface area (Å²) in [6.45, 7) is 7.01. The summed E-state index contributed by atoms with van der Waals surface area (Å²) in [6.07, 6.45) is 90.6. The fraction of sp³-hybridized carbons (Fsp3) is 0.823. The van der Waals surface area contributed by atoms with Crippen molar-refractivity contribution in [2.24, 2.45) is 0 Å². The molecule has 10 heteroatoms. The number of esters is 1. The standard InChI is InChI=1S/C79H147N2O7P/c1-7-10-13-16-19-22-25-28-30-32-34-36-38-39-40-41-43-45-47-49-51-54-57-60-63-66-69-72-79(83)88-77(70-67-64-61-58-55-52-27-24-21-18-15-12-9-3)76(75-87-89(84,85)86-74-73-81(4,5)6)80-78(82)71-68-65-62-59-56-53-50-48-46-44-42-37-35-33-31-29-26-23-20-17-14-11-8-2/h19-20,22-23,28-31,34,36,67,70,76-77H,7-18,21,24-27,32-33,35,37-66,68-69,71-75H2,1-6H3,(H-,80,82,84,85)/p+1/b22-19-,23-20-,30-28-,31-29-,36-34-,70-67+. The molecule has 0 saturated heterocycles. The highest BCUT2D eigenvalue weighted by atomic mass is 31.2. The molecule has 0 aromatic heterocycles. The van der Waals surface area contributed by atoms with Crippen LogP contribution in [-0.4, -0.2) is 74.3 Å². The van der Waals surface area contributed by atoms with Crippen LogP contribution in [0.3, 0.4) is 0 Å². The lowest BCUT2D eigenvalue weighted by Crippen LogP contribution is -2.47. The number of phosphoric acid groups is 1. The smallest absolute Gasteiger partial charge is 0.456 e. The number of rotatable bonds is 70. The summed E-state index contributed by atoms with van der Waals surface area (Å²) >= 11 is 0. The van der Waals surface area contributed by atoms with Gasteiger partial charge < -0.3 is 19.4 Å². The molecule has 0 aliphatic rings. The summed E-state index contributed by atoms with van der Waals surface area (Å²) in [4.78, 5) is 38.0. The minimum absolute atomic E-state index is 0.0399. The maximum Gasteiger partial charge on any atom is 0.472 e. The average Bonchev–Trinajstić information content (AvgIpc) is 3.63. The Morgan fingerprint density at radius 3 is 1.04 bits per heavy atom. The summed E-state index contributed by atoms with van der Waals surface area (Å²) in [6, 6.07) is -0.852. The number of carbonyl (C=O) groups is 2. The van der Waals surface area contributed by atoms with Crippen LogP contribution in [0.4, 0.5) is 0 Å². The van der Waals surface area contributed by atoms with Gasteiger partial charge in [0.15, 0.2) is 0 Å². The minimum atomic E-state index is -4.46. The molecule has 0 fully saturated rings. The molecule has 0 bridgehead atoms. The first kappa shape index (κ1) is 86.5. The number of amides is 1. The molecule has 0 spiro atoms. The number of quaternary nitrogens is 1. The number of ether oxygens (including phenoxy) is 1. The van der Waals surface area contributed by atoms with Crippen LogP contribution in [0.1, 0.15) is 367 Å². The van der Waals surface area contributed by atoms with Crippen molar-refractivity contribution in [1.82, 2.24) is 5.32 Å². The second kappa shape index (κ2) is 68.3. The van der Waals surface area contributed by atoms with Crippen molar-refractivity contribution >= 4 is 19.7 Å². The van der Waals surface area contributed by atoms with E-state index in [1.54, 1.807) is 0 Å². The van der Waals surface area contributed by atoms with Crippen LogP contribution in [0.25, 0.3) is 0 Å². The quantitative estimate of drug-likeness (QED) is 0.0205. The average molecular weight is 1270 g/mol. The van der Waals surface area contributed by atoms with Gasteiger partial charge in [0.1, 0.15) is 19.3 Å². The second-order valence-electron chi connectivity index (χ2n) is 27.2.